The van der Waals surface area contributed by atoms with Crippen molar-refractivity contribution in [1.82, 2.24) is 4.98 Å². The molecule has 0 fully saturated rings. The van der Waals surface area contributed by atoms with Crippen molar-refractivity contribution in [3.05, 3.63) is 38.9 Å². The first-order valence-electron chi connectivity index (χ1n) is 4.96. The lowest BCUT2D eigenvalue weighted by atomic mass is 10.3. The SMILES string of the molecule is Cc1cc(C(=O)O)c(NC(=O)c2cc(Br)c[nH]2)s1. The molecule has 7 heteroatoms. The third-order valence-corrected chi connectivity index (χ3v) is 3.63. The summed E-state index contributed by atoms with van der Waals surface area (Å²) in [6, 6.07) is 3.16. The largest absolute Gasteiger partial charge is 0.478 e. The van der Waals surface area contributed by atoms with Gasteiger partial charge in [-0.2, -0.15) is 0 Å². The number of carbonyl (C=O) groups excluding carboxylic acids is 1. The average molecular weight is 329 g/mol. The Bertz CT molecular complexity index is 618. The third kappa shape index (κ3) is 2.62. The van der Waals surface area contributed by atoms with E-state index in [1.54, 1.807) is 19.2 Å². The van der Waals surface area contributed by atoms with Gasteiger partial charge in [0.1, 0.15) is 10.7 Å². The second-order valence-electron chi connectivity index (χ2n) is 3.59. The number of carbonyl (C=O) groups is 2. The van der Waals surface area contributed by atoms with Crippen molar-refractivity contribution in [3.8, 4) is 0 Å². The number of nitrogens with one attached hydrogen (secondary N) is 2. The number of H-pyrrole nitrogens is 1. The first kappa shape index (κ1) is 12.8. The van der Waals surface area contributed by atoms with Crippen LogP contribution >= 0.6 is 27.3 Å². The molecular weight excluding hydrogens is 320 g/mol. The molecule has 2 heterocycles. The summed E-state index contributed by atoms with van der Waals surface area (Å²) in [5.41, 5.74) is 0.473. The lowest BCUT2D eigenvalue weighted by molar-refractivity contribution is 0.0698. The van der Waals surface area contributed by atoms with Gasteiger partial charge in [0.2, 0.25) is 0 Å². The van der Waals surface area contributed by atoms with Gasteiger partial charge in [-0.15, -0.1) is 11.3 Å². The molecule has 0 aliphatic heterocycles. The van der Waals surface area contributed by atoms with Gasteiger partial charge in [-0.1, -0.05) is 0 Å². The van der Waals surface area contributed by atoms with Crippen molar-refractivity contribution in [3.63, 3.8) is 0 Å². The van der Waals surface area contributed by atoms with Crippen LogP contribution < -0.4 is 5.32 Å². The number of thiophene rings is 1. The highest BCUT2D eigenvalue weighted by Gasteiger charge is 2.17. The number of aryl methyl sites for hydroxylation is 1. The van der Waals surface area contributed by atoms with E-state index < -0.39 is 5.97 Å². The van der Waals surface area contributed by atoms with Crippen LogP contribution in [0.5, 0.6) is 0 Å². The molecular formula is C11H9BrN2O3S. The zero-order chi connectivity index (χ0) is 13.3. The quantitative estimate of drug-likeness (QED) is 0.809. The number of anilines is 1. The third-order valence-electron chi connectivity index (χ3n) is 2.21. The molecule has 1 amide bonds. The normalized spacial score (nSPS) is 10.3. The highest BCUT2D eigenvalue weighted by Crippen LogP contribution is 2.28. The van der Waals surface area contributed by atoms with Crippen molar-refractivity contribution in [2.24, 2.45) is 0 Å². The molecule has 5 nitrogen and oxygen atoms in total. The number of aromatic carboxylic acids is 1. The predicted molar refractivity (Wildman–Crippen MR) is 72.5 cm³/mol. The van der Waals surface area contributed by atoms with Crippen LogP contribution in [0.4, 0.5) is 5.00 Å². The lowest BCUT2D eigenvalue weighted by Crippen LogP contribution is -2.13. The predicted octanol–water partition coefficient (Wildman–Crippen LogP) is 3.10. The van der Waals surface area contributed by atoms with E-state index in [1.165, 1.54) is 17.4 Å². The van der Waals surface area contributed by atoms with E-state index in [4.69, 9.17) is 5.11 Å². The summed E-state index contributed by atoms with van der Waals surface area (Å²) in [6.45, 7) is 1.79. The Morgan fingerprint density at radius 1 is 1.44 bits per heavy atom. The van der Waals surface area contributed by atoms with Crippen LogP contribution in [-0.4, -0.2) is 22.0 Å². The van der Waals surface area contributed by atoms with Crippen LogP contribution in [0.15, 0.2) is 22.8 Å². The fourth-order valence-corrected chi connectivity index (χ4v) is 2.68. The van der Waals surface area contributed by atoms with Gasteiger partial charge < -0.3 is 15.4 Å². The van der Waals surface area contributed by atoms with Crippen molar-refractivity contribution >= 4 is 44.1 Å². The van der Waals surface area contributed by atoms with Gasteiger partial charge >= 0.3 is 5.97 Å². The summed E-state index contributed by atoms with van der Waals surface area (Å²) in [4.78, 5) is 26.5. The van der Waals surface area contributed by atoms with Gasteiger partial charge in [-0.25, -0.2) is 4.79 Å². The fraction of sp³-hybridized carbons (Fsp3) is 0.0909. The molecule has 0 bridgehead atoms. The topological polar surface area (TPSA) is 82.2 Å². The maximum Gasteiger partial charge on any atom is 0.338 e. The van der Waals surface area contributed by atoms with Crippen molar-refractivity contribution in [1.29, 1.82) is 0 Å². The van der Waals surface area contributed by atoms with Gasteiger partial charge in [0.25, 0.3) is 5.91 Å². The Kier molecular flexibility index (Phi) is 3.53. The Morgan fingerprint density at radius 3 is 2.72 bits per heavy atom. The van der Waals surface area contributed by atoms with E-state index in [9.17, 15) is 9.59 Å². The monoisotopic (exact) mass is 328 g/mol. The number of rotatable bonds is 3. The van der Waals surface area contributed by atoms with E-state index >= 15 is 0 Å². The smallest absolute Gasteiger partial charge is 0.338 e. The van der Waals surface area contributed by atoms with Crippen LogP contribution in [0.2, 0.25) is 0 Å². The molecule has 0 aromatic carbocycles. The lowest BCUT2D eigenvalue weighted by Gasteiger charge is -2.01. The van der Waals surface area contributed by atoms with Gasteiger partial charge in [0, 0.05) is 15.5 Å². The molecule has 0 spiro atoms. The highest BCUT2D eigenvalue weighted by atomic mass is 79.9. The molecule has 0 radical (unpaired) electrons. The zero-order valence-corrected chi connectivity index (χ0v) is 11.7. The Labute approximate surface area is 115 Å². The molecule has 94 valence electrons. The average Bonchev–Trinajstić information content (AvgIpc) is 2.85. The standard InChI is InChI=1S/C11H9BrN2O3S/c1-5-2-7(11(16)17)10(18-5)14-9(15)8-3-6(12)4-13-8/h2-4,13H,1H3,(H,14,15)(H,16,17). The minimum atomic E-state index is -1.05. The van der Waals surface area contributed by atoms with Crippen LogP contribution in [0.1, 0.15) is 25.7 Å². The number of aromatic nitrogens is 1. The molecule has 0 unspecified atom stereocenters. The Hall–Kier alpha value is -1.60. The molecule has 0 saturated carbocycles. The van der Waals surface area contributed by atoms with Crippen molar-refractivity contribution in [2.75, 3.05) is 5.32 Å². The summed E-state index contributed by atoms with van der Waals surface area (Å²) in [5.74, 6) is -1.42. The van der Waals surface area contributed by atoms with Crippen molar-refractivity contribution in [2.45, 2.75) is 6.92 Å². The molecule has 3 N–H and O–H groups in total. The van der Waals surface area contributed by atoms with Crippen LogP contribution in [0.3, 0.4) is 0 Å². The second-order valence-corrected chi connectivity index (χ2v) is 5.76. The summed E-state index contributed by atoms with van der Waals surface area (Å²) < 4.78 is 0.758. The maximum absolute atomic E-state index is 11.9. The van der Waals surface area contributed by atoms with E-state index in [0.29, 0.717) is 10.7 Å². The molecule has 0 aliphatic rings. The van der Waals surface area contributed by atoms with E-state index in [1.807, 2.05) is 0 Å². The second kappa shape index (κ2) is 4.95. The first-order valence-corrected chi connectivity index (χ1v) is 6.57. The van der Waals surface area contributed by atoms with Gasteiger partial charge in [-0.05, 0) is 35.0 Å². The number of amides is 1. The van der Waals surface area contributed by atoms with E-state index in [2.05, 4.69) is 26.2 Å². The molecule has 0 aliphatic carbocycles. The highest BCUT2D eigenvalue weighted by molar-refractivity contribution is 9.10. The first-order chi connectivity index (χ1) is 8.47. The van der Waals surface area contributed by atoms with Gasteiger partial charge in [0.15, 0.2) is 0 Å². The van der Waals surface area contributed by atoms with Crippen LogP contribution in [-0.2, 0) is 0 Å². The fourth-order valence-electron chi connectivity index (χ4n) is 1.44. The van der Waals surface area contributed by atoms with E-state index in [-0.39, 0.29) is 11.5 Å². The summed E-state index contributed by atoms with van der Waals surface area (Å²) >= 11 is 4.46. The van der Waals surface area contributed by atoms with Crippen LogP contribution in [0.25, 0.3) is 0 Å². The molecule has 2 aromatic rings. The van der Waals surface area contributed by atoms with E-state index in [0.717, 1.165) is 9.35 Å². The molecule has 0 saturated heterocycles. The maximum atomic E-state index is 11.9. The number of aromatic amines is 1. The summed E-state index contributed by atoms with van der Waals surface area (Å²) in [7, 11) is 0. The van der Waals surface area contributed by atoms with Crippen LogP contribution in [0, 0.1) is 6.92 Å². The zero-order valence-electron chi connectivity index (χ0n) is 9.28. The minimum Gasteiger partial charge on any atom is -0.478 e. The number of hydrogen-bond donors (Lipinski definition) is 3. The van der Waals surface area contributed by atoms with Gasteiger partial charge in [0.05, 0.1) is 5.56 Å². The number of carboxylic acids is 1. The molecule has 0 atom stereocenters. The minimum absolute atomic E-state index is 0.108. The Morgan fingerprint density at radius 2 is 2.17 bits per heavy atom. The number of carboxylic acid groups (broad SMARTS) is 1. The molecule has 2 rings (SSSR count). The number of halogens is 1. The molecule has 2 aromatic heterocycles. The number of hydrogen-bond acceptors (Lipinski definition) is 3. The van der Waals surface area contributed by atoms with Gasteiger partial charge in [-0.3, -0.25) is 4.79 Å². The Balaban J connectivity index is 2.24. The van der Waals surface area contributed by atoms with Crippen molar-refractivity contribution < 1.29 is 14.7 Å². The molecule has 18 heavy (non-hydrogen) atoms. The summed E-state index contributed by atoms with van der Waals surface area (Å²) in [6.07, 6.45) is 1.63. The summed E-state index contributed by atoms with van der Waals surface area (Å²) in [5, 5.41) is 11.9.